The van der Waals surface area contributed by atoms with Crippen LogP contribution >= 0.6 is 0 Å². The van der Waals surface area contributed by atoms with E-state index in [2.05, 4.69) is 26.6 Å². The molecule has 1 saturated heterocycles. The fraction of sp³-hybridized carbons (Fsp3) is 0.774. The zero-order valence-electron chi connectivity index (χ0n) is 54.5. The predicted molar refractivity (Wildman–Crippen MR) is 323 cm³/mol. The minimum absolute atomic E-state index is 0.00269. The Morgan fingerprint density at radius 1 is 0.788 bits per heavy atom. The highest BCUT2D eigenvalue weighted by Crippen LogP contribution is 2.30. The highest BCUT2D eigenvalue weighted by molar-refractivity contribution is 5.91. The van der Waals surface area contributed by atoms with Crippen molar-refractivity contribution in [1.29, 1.82) is 0 Å². The average Bonchev–Trinajstić information content (AvgIpc) is 3.45. The van der Waals surface area contributed by atoms with Crippen molar-refractivity contribution < 1.29 is 71.9 Å². The van der Waals surface area contributed by atoms with E-state index in [0.717, 1.165) is 5.56 Å². The number of carbonyl (C=O) groups excluding carboxylic acids is 8. The smallest absolute Gasteiger partial charge is 0.407 e. The molecule has 1 heterocycles. The average molecular weight is 1210 g/mol. The SMILES string of the molecule is CC[C@H](C)[C@@H]([C@@H](CC(=O)N1CCC[C@H]1[C@H](OC)[C@@H](C)C(=O)N[C@H](Cc1ccccc1)C(=O)NCCCOC(=O)[C@H](C)NC(=O)CCNC(=O)OCC(OC(C)C)OC(CO)CC(C)(C)C)OC)N(C)C(=O)[C@@H](NC(=O)[C@H](C(C)C)N(C)C)C(C)C. The van der Waals surface area contributed by atoms with Crippen LogP contribution in [0.5, 0.6) is 0 Å². The lowest BCUT2D eigenvalue weighted by Gasteiger charge is -2.41. The molecule has 1 fully saturated rings. The van der Waals surface area contributed by atoms with Crippen LogP contribution in [0.25, 0.3) is 0 Å². The standard InChI is InChI=1S/C62H108N8O15/c1-19-41(8)54(69(16)59(77)52(38(2)3)67-58(76)53(39(4)5)68(14)15)48(80-17)34-50(73)70-31-23-27-47(70)55(81-18)42(9)56(74)66-46(33-44-25-21-20-22-26-44)57(75)63-29-24-32-82-60(78)43(10)65-49(72)28-30-64-61(79)83-37-51(84-40(6)7)85-45(36-71)35-62(11,12)13/h20-22,25-26,38-43,45-48,51-55,71H,19,23-24,27-37H2,1-18H3,(H,63,75)(H,64,79)(H,65,72)(H,66,74)(H,67,76)/t41-,42+,43-,45?,46+,47-,48+,51?,52-,53-,54-,55+/m0/s1. The second-order valence-corrected chi connectivity index (χ2v) is 24.9. The van der Waals surface area contributed by atoms with Crippen LogP contribution in [0, 0.1) is 29.1 Å². The van der Waals surface area contributed by atoms with Gasteiger partial charge in [-0.3, -0.25) is 33.7 Å². The van der Waals surface area contributed by atoms with Gasteiger partial charge in [-0.25, -0.2) is 9.59 Å². The van der Waals surface area contributed by atoms with E-state index in [-0.39, 0.29) is 106 Å². The Balaban J connectivity index is 2.05. The number of hydrogen-bond donors (Lipinski definition) is 6. The molecule has 1 aromatic rings. The zero-order valence-corrected chi connectivity index (χ0v) is 54.5. The molecule has 23 heteroatoms. The fourth-order valence-electron chi connectivity index (χ4n) is 10.8. The summed E-state index contributed by atoms with van der Waals surface area (Å²) in [5.74, 6) is -4.03. The number of alkyl carbamates (subject to hydrolysis) is 1. The number of carbonyl (C=O) groups is 8. The molecule has 23 nitrogen and oxygen atoms in total. The molecule has 0 aromatic heterocycles. The molecule has 0 radical (unpaired) electrons. The van der Waals surface area contributed by atoms with Gasteiger partial charge in [-0.1, -0.05) is 106 Å². The van der Waals surface area contributed by atoms with Crippen molar-refractivity contribution >= 4 is 47.5 Å². The van der Waals surface area contributed by atoms with E-state index in [1.165, 1.54) is 21.1 Å². The second-order valence-electron chi connectivity index (χ2n) is 24.9. The molecule has 0 saturated carbocycles. The summed E-state index contributed by atoms with van der Waals surface area (Å²) >= 11 is 0. The van der Waals surface area contributed by atoms with Crippen molar-refractivity contribution in [2.75, 3.05) is 74.8 Å². The van der Waals surface area contributed by atoms with Crippen LogP contribution in [0.1, 0.15) is 141 Å². The highest BCUT2D eigenvalue weighted by atomic mass is 16.7. The molecule has 1 aromatic carbocycles. The molecule has 0 bridgehead atoms. The summed E-state index contributed by atoms with van der Waals surface area (Å²) in [6.45, 7) is 24.4. The summed E-state index contributed by atoms with van der Waals surface area (Å²) in [5.41, 5.74) is 0.673. The Morgan fingerprint density at radius 3 is 2.00 bits per heavy atom. The number of hydrogen-bond acceptors (Lipinski definition) is 16. The van der Waals surface area contributed by atoms with Crippen LogP contribution in [0.4, 0.5) is 4.79 Å². The number of ether oxygens (including phenoxy) is 6. The molecule has 0 spiro atoms. The number of rotatable bonds is 38. The monoisotopic (exact) mass is 1200 g/mol. The normalized spacial score (nSPS) is 17.6. The van der Waals surface area contributed by atoms with Crippen LogP contribution < -0.4 is 26.6 Å². The number of likely N-dealkylation sites (N-methyl/N-ethyl adjacent to an activating group) is 2. The lowest BCUT2D eigenvalue weighted by atomic mass is 9.89. The van der Waals surface area contributed by atoms with Crippen LogP contribution in [0.3, 0.4) is 0 Å². The molecule has 85 heavy (non-hydrogen) atoms. The number of nitrogens with one attached hydrogen (secondary N) is 5. The molecule has 0 aliphatic carbocycles. The quantitative estimate of drug-likeness (QED) is 0.0300. The first-order chi connectivity index (χ1) is 39.9. The van der Waals surface area contributed by atoms with E-state index in [1.807, 2.05) is 112 Å². The number of esters is 1. The molecule has 2 unspecified atom stereocenters. The summed E-state index contributed by atoms with van der Waals surface area (Å²) < 4.78 is 34.4. The second kappa shape index (κ2) is 38.0. The molecule has 12 atom stereocenters. The first-order valence-corrected chi connectivity index (χ1v) is 30.4. The molecule has 1 aliphatic rings. The van der Waals surface area contributed by atoms with Crippen molar-refractivity contribution in [2.24, 2.45) is 29.1 Å². The Labute approximate surface area is 507 Å². The van der Waals surface area contributed by atoms with Crippen LogP contribution in [-0.4, -0.2) is 209 Å². The van der Waals surface area contributed by atoms with E-state index in [1.54, 1.807) is 37.6 Å². The number of nitrogens with zero attached hydrogens (tertiary/aromatic N) is 3. The van der Waals surface area contributed by atoms with Gasteiger partial charge in [-0.15, -0.1) is 0 Å². The fourth-order valence-corrected chi connectivity index (χ4v) is 10.8. The summed E-state index contributed by atoms with van der Waals surface area (Å²) in [6.07, 6.45) is -1.35. The largest absolute Gasteiger partial charge is 0.464 e. The molecule has 2 rings (SSSR count). The summed E-state index contributed by atoms with van der Waals surface area (Å²) in [7, 11) is 8.40. The molecule has 6 N–H and O–H groups in total. The Kier molecular flexibility index (Phi) is 33.8. The number of likely N-dealkylation sites (tertiary alicyclic amines) is 1. The Morgan fingerprint density at radius 2 is 1.45 bits per heavy atom. The van der Waals surface area contributed by atoms with E-state index in [4.69, 9.17) is 28.4 Å². The van der Waals surface area contributed by atoms with Crippen molar-refractivity contribution in [1.82, 2.24) is 41.3 Å². The number of amides is 7. The number of aliphatic hydroxyl groups excluding tert-OH is 1. The molecular formula is C62H108N8O15. The van der Waals surface area contributed by atoms with Gasteiger partial charge < -0.3 is 69.9 Å². The predicted octanol–water partition coefficient (Wildman–Crippen LogP) is 4.60. The lowest BCUT2D eigenvalue weighted by Crippen LogP contribution is -2.59. The van der Waals surface area contributed by atoms with Crippen LogP contribution in [0.2, 0.25) is 0 Å². The van der Waals surface area contributed by atoms with E-state index < -0.39 is 96.6 Å². The third kappa shape index (κ3) is 26.2. The van der Waals surface area contributed by atoms with Crippen molar-refractivity contribution in [3.8, 4) is 0 Å². The van der Waals surface area contributed by atoms with Gasteiger partial charge in [0.15, 0.2) is 6.29 Å². The lowest BCUT2D eigenvalue weighted by molar-refractivity contribution is -0.213. The van der Waals surface area contributed by atoms with Crippen molar-refractivity contribution in [3.05, 3.63) is 35.9 Å². The van der Waals surface area contributed by atoms with Gasteiger partial charge in [0.2, 0.25) is 35.4 Å². The van der Waals surface area contributed by atoms with Gasteiger partial charge in [0.25, 0.3) is 0 Å². The third-order valence-corrected chi connectivity index (χ3v) is 15.2. The van der Waals surface area contributed by atoms with Gasteiger partial charge >= 0.3 is 12.1 Å². The maximum atomic E-state index is 14.5. The van der Waals surface area contributed by atoms with E-state index >= 15 is 0 Å². The van der Waals surface area contributed by atoms with E-state index in [9.17, 15) is 43.5 Å². The summed E-state index contributed by atoms with van der Waals surface area (Å²) in [6, 6.07) is 4.91. The molecular weight excluding hydrogens is 1100 g/mol. The third-order valence-electron chi connectivity index (χ3n) is 15.2. The Hall–Kier alpha value is -5.46. The van der Waals surface area contributed by atoms with Gasteiger partial charge in [0.1, 0.15) is 24.7 Å². The number of aliphatic hydroxyl groups is 1. The van der Waals surface area contributed by atoms with E-state index in [0.29, 0.717) is 32.2 Å². The minimum atomic E-state index is -1.02. The number of benzene rings is 1. The van der Waals surface area contributed by atoms with Gasteiger partial charge in [0, 0.05) is 53.7 Å². The maximum Gasteiger partial charge on any atom is 0.407 e. The van der Waals surface area contributed by atoms with Crippen molar-refractivity contribution in [3.63, 3.8) is 0 Å². The van der Waals surface area contributed by atoms with Gasteiger partial charge in [0.05, 0.1) is 68.1 Å². The van der Waals surface area contributed by atoms with Crippen LogP contribution in [-0.2, 0) is 68.4 Å². The first-order valence-electron chi connectivity index (χ1n) is 30.4. The maximum absolute atomic E-state index is 14.5. The Bertz CT molecular complexity index is 2210. The summed E-state index contributed by atoms with van der Waals surface area (Å²) in [4.78, 5) is 114. The zero-order chi connectivity index (χ0) is 64.3. The molecule has 1 aliphatic heterocycles. The van der Waals surface area contributed by atoms with Gasteiger partial charge in [-0.2, -0.15) is 0 Å². The summed E-state index contributed by atoms with van der Waals surface area (Å²) in [5, 5.41) is 23.7. The molecule has 7 amide bonds. The number of methoxy groups -OCH3 is 2. The minimum Gasteiger partial charge on any atom is -0.464 e. The topological polar surface area (TPSA) is 282 Å². The van der Waals surface area contributed by atoms with Crippen molar-refractivity contribution in [2.45, 2.75) is 208 Å². The molecule has 486 valence electrons. The highest BCUT2D eigenvalue weighted by Gasteiger charge is 2.44. The first kappa shape index (κ1) is 75.6. The van der Waals surface area contributed by atoms with Crippen LogP contribution in [0.15, 0.2) is 30.3 Å². The van der Waals surface area contributed by atoms with Gasteiger partial charge in [-0.05, 0) is 89.3 Å².